The molecule has 0 aliphatic carbocycles. The Morgan fingerprint density at radius 1 is 1.12 bits per heavy atom. The van der Waals surface area contributed by atoms with Gasteiger partial charge in [0.05, 0.1) is 4.92 Å². The Kier molecular flexibility index (Phi) is 4.76. The number of aryl methyl sites for hydroxylation is 1. The molecule has 0 fully saturated rings. The molecular weight excluding hydrogens is 343 g/mol. The highest BCUT2D eigenvalue weighted by molar-refractivity contribution is 5.90. The second kappa shape index (κ2) is 6.60. The van der Waals surface area contributed by atoms with Crippen LogP contribution in [0.1, 0.15) is 6.42 Å². The van der Waals surface area contributed by atoms with Crippen molar-refractivity contribution in [2.75, 3.05) is 5.32 Å². The number of anilines is 1. The molecule has 0 aliphatic rings. The van der Waals surface area contributed by atoms with Crippen molar-refractivity contribution in [3.05, 3.63) is 51.6 Å². The highest BCUT2D eigenvalue weighted by Crippen LogP contribution is 2.27. The SMILES string of the molecule is O=C(CCn1cc([N+](=O)[O-])cn1)Nc1c(F)c(F)c(F)c(F)c1F. The number of nitrogens with zero attached hydrogens (tertiary/aromatic N) is 3. The topological polar surface area (TPSA) is 90.1 Å². The standard InChI is InChI=1S/C12H7F5N4O3/c13-7-8(14)10(16)12(11(17)9(7)15)19-6(22)1-2-20-4-5(3-18-20)21(23)24/h3-4H,1-2H2,(H,19,22). The minimum atomic E-state index is -2.34. The molecule has 1 aromatic carbocycles. The summed E-state index contributed by atoms with van der Waals surface area (Å²) in [6.45, 7) is -0.213. The molecule has 0 atom stereocenters. The van der Waals surface area contributed by atoms with Gasteiger partial charge in [-0.2, -0.15) is 5.10 Å². The van der Waals surface area contributed by atoms with E-state index in [4.69, 9.17) is 0 Å². The van der Waals surface area contributed by atoms with Gasteiger partial charge >= 0.3 is 5.69 Å². The van der Waals surface area contributed by atoms with E-state index in [1.807, 2.05) is 0 Å². The third-order valence-electron chi connectivity index (χ3n) is 2.87. The first-order valence-electron chi connectivity index (χ1n) is 6.20. The maximum atomic E-state index is 13.4. The number of benzene rings is 1. The fourth-order valence-corrected chi connectivity index (χ4v) is 1.70. The molecule has 1 heterocycles. The minimum absolute atomic E-state index is 0.213. The largest absolute Gasteiger partial charge is 0.321 e. The molecule has 2 rings (SSSR count). The molecule has 0 bridgehead atoms. The Hall–Kier alpha value is -3.05. The summed E-state index contributed by atoms with van der Waals surface area (Å²) in [6.07, 6.45) is 1.45. The number of halogens is 5. The first kappa shape index (κ1) is 17.3. The first-order chi connectivity index (χ1) is 11.2. The molecule has 0 unspecified atom stereocenters. The molecule has 0 saturated heterocycles. The molecule has 128 valence electrons. The van der Waals surface area contributed by atoms with E-state index in [1.165, 1.54) is 0 Å². The second-order valence-electron chi connectivity index (χ2n) is 4.46. The van der Waals surface area contributed by atoms with Gasteiger partial charge in [0.1, 0.15) is 18.1 Å². The number of nitrogens with one attached hydrogen (secondary N) is 1. The summed E-state index contributed by atoms with van der Waals surface area (Å²) in [5.74, 6) is -12.1. The van der Waals surface area contributed by atoms with Gasteiger partial charge in [-0.15, -0.1) is 0 Å². The van der Waals surface area contributed by atoms with E-state index in [1.54, 1.807) is 5.32 Å². The van der Waals surface area contributed by atoms with Crippen molar-refractivity contribution in [3.63, 3.8) is 0 Å². The summed E-state index contributed by atoms with van der Waals surface area (Å²) in [5, 5.41) is 15.6. The van der Waals surface area contributed by atoms with Gasteiger partial charge in [-0.05, 0) is 0 Å². The highest BCUT2D eigenvalue weighted by Gasteiger charge is 2.26. The van der Waals surface area contributed by atoms with Gasteiger partial charge in [0.15, 0.2) is 23.3 Å². The number of aromatic nitrogens is 2. The van der Waals surface area contributed by atoms with Crippen LogP contribution in [0.25, 0.3) is 0 Å². The van der Waals surface area contributed by atoms with E-state index in [9.17, 15) is 36.9 Å². The summed E-state index contributed by atoms with van der Waals surface area (Å²) in [5.41, 5.74) is -1.81. The van der Waals surface area contributed by atoms with Crippen molar-refractivity contribution in [2.45, 2.75) is 13.0 Å². The number of nitro groups is 1. The highest BCUT2D eigenvalue weighted by atomic mass is 19.2. The Balaban J connectivity index is 2.09. The zero-order valence-electron chi connectivity index (χ0n) is 11.5. The van der Waals surface area contributed by atoms with Crippen LogP contribution < -0.4 is 5.32 Å². The molecule has 0 saturated carbocycles. The molecule has 1 amide bonds. The molecule has 0 spiro atoms. The Bertz CT molecular complexity index is 794. The molecular formula is C12H7F5N4O3. The Labute approximate surface area is 129 Å². The van der Waals surface area contributed by atoms with Crippen LogP contribution in [0.15, 0.2) is 12.4 Å². The van der Waals surface area contributed by atoms with E-state index in [2.05, 4.69) is 5.10 Å². The van der Waals surface area contributed by atoms with Crippen LogP contribution in [0.2, 0.25) is 0 Å². The summed E-state index contributed by atoms with van der Waals surface area (Å²) in [4.78, 5) is 21.3. The van der Waals surface area contributed by atoms with Crippen molar-refractivity contribution in [3.8, 4) is 0 Å². The maximum absolute atomic E-state index is 13.4. The first-order valence-corrected chi connectivity index (χ1v) is 6.20. The average molecular weight is 350 g/mol. The van der Waals surface area contributed by atoms with Crippen LogP contribution in [0.5, 0.6) is 0 Å². The fraction of sp³-hybridized carbons (Fsp3) is 0.167. The summed E-state index contributed by atoms with van der Waals surface area (Å²) >= 11 is 0. The fourth-order valence-electron chi connectivity index (χ4n) is 1.70. The minimum Gasteiger partial charge on any atom is -0.321 e. The van der Waals surface area contributed by atoms with Crippen molar-refractivity contribution in [1.29, 1.82) is 0 Å². The lowest BCUT2D eigenvalue weighted by atomic mass is 10.2. The van der Waals surface area contributed by atoms with Crippen LogP contribution in [-0.2, 0) is 11.3 Å². The van der Waals surface area contributed by atoms with Crippen molar-refractivity contribution in [2.24, 2.45) is 0 Å². The van der Waals surface area contributed by atoms with Crippen LogP contribution in [0.3, 0.4) is 0 Å². The summed E-state index contributed by atoms with van der Waals surface area (Å²) < 4.78 is 66.6. The van der Waals surface area contributed by atoms with Gasteiger partial charge in [0.2, 0.25) is 11.7 Å². The Morgan fingerprint density at radius 2 is 1.67 bits per heavy atom. The van der Waals surface area contributed by atoms with E-state index in [0.717, 1.165) is 17.1 Å². The molecule has 1 N–H and O–H groups in total. The molecule has 0 radical (unpaired) electrons. The zero-order chi connectivity index (χ0) is 18.0. The lowest BCUT2D eigenvalue weighted by molar-refractivity contribution is -0.385. The van der Waals surface area contributed by atoms with Crippen LogP contribution in [0.4, 0.5) is 33.3 Å². The maximum Gasteiger partial charge on any atom is 0.306 e. The predicted octanol–water partition coefficient (Wildman–Crippen LogP) is 2.52. The normalized spacial score (nSPS) is 10.7. The lowest BCUT2D eigenvalue weighted by Crippen LogP contribution is -2.18. The molecule has 1 aromatic heterocycles. The van der Waals surface area contributed by atoms with Crippen LogP contribution in [0, 0.1) is 39.2 Å². The number of carbonyl (C=O) groups excluding carboxylic acids is 1. The third kappa shape index (κ3) is 3.31. The van der Waals surface area contributed by atoms with Gasteiger partial charge in [0, 0.05) is 13.0 Å². The third-order valence-corrected chi connectivity index (χ3v) is 2.87. The number of amides is 1. The van der Waals surface area contributed by atoms with Crippen molar-refractivity contribution in [1.82, 2.24) is 9.78 Å². The number of hydrogen-bond acceptors (Lipinski definition) is 4. The van der Waals surface area contributed by atoms with Gasteiger partial charge in [-0.3, -0.25) is 19.6 Å². The van der Waals surface area contributed by atoms with Gasteiger partial charge < -0.3 is 5.32 Å². The predicted molar refractivity (Wildman–Crippen MR) is 68.4 cm³/mol. The lowest BCUT2D eigenvalue weighted by Gasteiger charge is -2.09. The molecule has 24 heavy (non-hydrogen) atoms. The molecule has 0 aliphatic heterocycles. The van der Waals surface area contributed by atoms with Gasteiger partial charge in [0.25, 0.3) is 0 Å². The molecule has 12 heteroatoms. The number of carbonyl (C=O) groups is 1. The quantitative estimate of drug-likeness (QED) is 0.295. The van der Waals surface area contributed by atoms with Gasteiger partial charge in [-0.1, -0.05) is 0 Å². The van der Waals surface area contributed by atoms with Crippen LogP contribution >= 0.6 is 0 Å². The van der Waals surface area contributed by atoms with E-state index < -0.39 is 52.0 Å². The number of rotatable bonds is 5. The Morgan fingerprint density at radius 3 is 2.17 bits per heavy atom. The second-order valence-corrected chi connectivity index (χ2v) is 4.46. The van der Waals surface area contributed by atoms with Gasteiger partial charge in [-0.25, -0.2) is 22.0 Å². The molecule has 2 aromatic rings. The van der Waals surface area contributed by atoms with Crippen molar-refractivity contribution < 1.29 is 31.7 Å². The van der Waals surface area contributed by atoms with Crippen LogP contribution in [-0.4, -0.2) is 20.6 Å². The van der Waals surface area contributed by atoms with Crippen molar-refractivity contribution >= 4 is 17.3 Å². The zero-order valence-corrected chi connectivity index (χ0v) is 11.5. The van der Waals surface area contributed by atoms with E-state index in [-0.39, 0.29) is 12.2 Å². The monoisotopic (exact) mass is 350 g/mol. The summed E-state index contributed by atoms with van der Waals surface area (Å²) in [6, 6.07) is 0. The van der Waals surface area contributed by atoms with E-state index >= 15 is 0 Å². The smallest absolute Gasteiger partial charge is 0.306 e. The summed E-state index contributed by atoms with van der Waals surface area (Å²) in [7, 11) is 0. The number of hydrogen-bond donors (Lipinski definition) is 1. The average Bonchev–Trinajstić information content (AvgIpc) is 3.02. The van der Waals surface area contributed by atoms with E-state index in [0.29, 0.717) is 0 Å². The molecule has 7 nitrogen and oxygen atoms in total.